The van der Waals surface area contributed by atoms with E-state index in [2.05, 4.69) is 10.3 Å². The highest BCUT2D eigenvalue weighted by atomic mass is 32.2. The van der Waals surface area contributed by atoms with Crippen molar-refractivity contribution in [2.24, 2.45) is 4.99 Å². The molecule has 82 valence electrons. The highest BCUT2D eigenvalue weighted by Gasteiger charge is 2.35. The standard InChI is InChI=1S/C8H10N2O4S/c11-8(12)7-10-4-6(15(7,13)14)3-9-5-1-2-5/h4-5,9H,1-3H2,(H,11,12). The number of aliphatic carboxylic acids is 1. The van der Waals surface area contributed by atoms with Gasteiger partial charge in [-0.25, -0.2) is 18.2 Å². The average Bonchev–Trinajstić information content (AvgIpc) is 2.88. The van der Waals surface area contributed by atoms with Crippen molar-refractivity contribution < 1.29 is 18.3 Å². The van der Waals surface area contributed by atoms with E-state index >= 15 is 0 Å². The number of carboxylic acid groups (broad SMARTS) is 1. The minimum absolute atomic E-state index is 0.0341. The Balaban J connectivity index is 2.08. The van der Waals surface area contributed by atoms with Crippen molar-refractivity contribution in [2.75, 3.05) is 6.54 Å². The second kappa shape index (κ2) is 3.42. The molecule has 2 N–H and O–H groups in total. The first-order valence-corrected chi connectivity index (χ1v) is 5.99. The van der Waals surface area contributed by atoms with Gasteiger partial charge < -0.3 is 10.4 Å². The fraction of sp³-hybridized carbons (Fsp3) is 0.500. The number of sulfone groups is 1. The summed E-state index contributed by atoms with van der Waals surface area (Å²) in [7, 11) is -3.85. The van der Waals surface area contributed by atoms with Gasteiger partial charge in [0.15, 0.2) is 0 Å². The Labute approximate surface area is 86.6 Å². The summed E-state index contributed by atoms with van der Waals surface area (Å²) in [6, 6.07) is 0.370. The molecule has 0 saturated heterocycles. The lowest BCUT2D eigenvalue weighted by Gasteiger charge is -2.03. The van der Waals surface area contributed by atoms with E-state index in [4.69, 9.17) is 5.11 Å². The zero-order valence-electron chi connectivity index (χ0n) is 7.80. The molecule has 15 heavy (non-hydrogen) atoms. The summed E-state index contributed by atoms with van der Waals surface area (Å²) in [6.45, 7) is 0.160. The Morgan fingerprint density at radius 3 is 2.73 bits per heavy atom. The molecule has 1 aliphatic carbocycles. The van der Waals surface area contributed by atoms with Crippen LogP contribution in [0.1, 0.15) is 12.8 Å². The normalized spacial score (nSPS) is 23.5. The minimum atomic E-state index is -3.85. The number of aliphatic imine (C=N–C) groups is 1. The first kappa shape index (κ1) is 10.3. The minimum Gasteiger partial charge on any atom is -0.476 e. The van der Waals surface area contributed by atoms with Gasteiger partial charge in [-0.05, 0) is 12.8 Å². The third-order valence-corrected chi connectivity index (χ3v) is 3.98. The Kier molecular flexibility index (Phi) is 2.35. The van der Waals surface area contributed by atoms with Crippen LogP contribution in [0.15, 0.2) is 16.1 Å². The maximum absolute atomic E-state index is 11.5. The fourth-order valence-electron chi connectivity index (χ4n) is 1.24. The molecule has 0 unspecified atom stereocenters. The van der Waals surface area contributed by atoms with Crippen LogP contribution < -0.4 is 5.32 Å². The van der Waals surface area contributed by atoms with Gasteiger partial charge in [0.1, 0.15) is 0 Å². The molecule has 1 aliphatic heterocycles. The Morgan fingerprint density at radius 2 is 2.27 bits per heavy atom. The van der Waals surface area contributed by atoms with Crippen LogP contribution in [0.4, 0.5) is 0 Å². The molecule has 1 heterocycles. The molecule has 0 radical (unpaired) electrons. The van der Waals surface area contributed by atoms with Gasteiger partial charge in [0.2, 0.25) is 14.9 Å². The van der Waals surface area contributed by atoms with Crippen molar-refractivity contribution in [3.05, 3.63) is 11.1 Å². The lowest BCUT2D eigenvalue weighted by molar-refractivity contribution is -0.129. The molecule has 7 heteroatoms. The molecule has 1 saturated carbocycles. The van der Waals surface area contributed by atoms with Crippen molar-refractivity contribution in [2.45, 2.75) is 18.9 Å². The molecular weight excluding hydrogens is 220 g/mol. The summed E-state index contributed by atoms with van der Waals surface area (Å²) in [5.41, 5.74) is 0. The summed E-state index contributed by atoms with van der Waals surface area (Å²) in [6.07, 6.45) is 3.19. The second-order valence-corrected chi connectivity index (χ2v) is 5.41. The Morgan fingerprint density at radius 1 is 1.60 bits per heavy atom. The van der Waals surface area contributed by atoms with Gasteiger partial charge in [-0.2, -0.15) is 0 Å². The van der Waals surface area contributed by atoms with Crippen LogP contribution in [0.3, 0.4) is 0 Å². The van der Waals surface area contributed by atoms with Crippen LogP contribution in [0.5, 0.6) is 0 Å². The first-order valence-electron chi connectivity index (χ1n) is 4.50. The quantitative estimate of drug-likeness (QED) is 0.678. The van der Waals surface area contributed by atoms with Crippen molar-refractivity contribution in [1.82, 2.24) is 5.32 Å². The smallest absolute Gasteiger partial charge is 0.366 e. The second-order valence-electron chi connectivity index (χ2n) is 3.49. The van der Waals surface area contributed by atoms with Crippen LogP contribution in [0.25, 0.3) is 0 Å². The van der Waals surface area contributed by atoms with E-state index in [-0.39, 0.29) is 11.4 Å². The van der Waals surface area contributed by atoms with Crippen LogP contribution >= 0.6 is 0 Å². The first-order chi connectivity index (χ1) is 7.01. The molecule has 0 amide bonds. The maximum Gasteiger partial charge on any atom is 0.366 e. The van der Waals surface area contributed by atoms with E-state index in [1.54, 1.807) is 0 Å². The van der Waals surface area contributed by atoms with Gasteiger partial charge in [-0.15, -0.1) is 0 Å². The van der Waals surface area contributed by atoms with E-state index in [9.17, 15) is 13.2 Å². The summed E-state index contributed by atoms with van der Waals surface area (Å²) >= 11 is 0. The molecule has 6 nitrogen and oxygen atoms in total. The molecule has 0 bridgehead atoms. The van der Waals surface area contributed by atoms with Crippen molar-refractivity contribution in [3.63, 3.8) is 0 Å². The molecule has 0 aromatic carbocycles. The molecule has 0 aromatic heterocycles. The molecule has 1 fully saturated rings. The zero-order valence-corrected chi connectivity index (χ0v) is 8.62. The number of hydrogen-bond donors (Lipinski definition) is 2. The topological polar surface area (TPSA) is 95.8 Å². The molecule has 0 atom stereocenters. The van der Waals surface area contributed by atoms with Gasteiger partial charge in [0.05, 0.1) is 4.91 Å². The van der Waals surface area contributed by atoms with Crippen LogP contribution in [-0.2, 0) is 14.6 Å². The number of rotatable bonds is 4. The van der Waals surface area contributed by atoms with Gasteiger partial charge in [-0.1, -0.05) is 0 Å². The molecule has 2 rings (SSSR count). The summed E-state index contributed by atoms with van der Waals surface area (Å²) < 4.78 is 23.1. The van der Waals surface area contributed by atoms with E-state index in [1.165, 1.54) is 0 Å². The fourth-order valence-corrected chi connectivity index (χ4v) is 2.37. The van der Waals surface area contributed by atoms with Crippen molar-refractivity contribution in [3.8, 4) is 0 Å². The average molecular weight is 230 g/mol. The molecular formula is C8H10N2O4S. The highest BCUT2D eigenvalue weighted by Crippen LogP contribution is 2.21. The van der Waals surface area contributed by atoms with Crippen molar-refractivity contribution >= 4 is 20.9 Å². The zero-order chi connectivity index (χ0) is 11.1. The number of hydrogen-bond acceptors (Lipinski definition) is 5. The SMILES string of the molecule is O=C(O)C1=NC=C(CNC2CC2)S1(=O)=O. The Bertz CT molecular complexity index is 459. The van der Waals surface area contributed by atoms with E-state index in [1.807, 2.05) is 0 Å². The predicted octanol–water partition coefficient (Wildman–Crippen LogP) is -0.509. The number of carbonyl (C=O) groups is 1. The van der Waals surface area contributed by atoms with Crippen LogP contribution in [0.2, 0.25) is 0 Å². The Hall–Kier alpha value is -1.21. The van der Waals surface area contributed by atoms with Gasteiger partial charge in [-0.3, -0.25) is 0 Å². The molecule has 0 spiro atoms. The lowest BCUT2D eigenvalue weighted by atomic mass is 10.5. The number of nitrogens with zero attached hydrogens (tertiary/aromatic N) is 1. The van der Waals surface area contributed by atoms with Crippen LogP contribution in [-0.4, -0.2) is 37.1 Å². The van der Waals surface area contributed by atoms with E-state index < -0.39 is 20.9 Å². The maximum atomic E-state index is 11.5. The molecule has 0 aromatic rings. The van der Waals surface area contributed by atoms with Crippen LogP contribution in [0, 0.1) is 0 Å². The predicted molar refractivity (Wildman–Crippen MR) is 53.1 cm³/mol. The largest absolute Gasteiger partial charge is 0.476 e. The van der Waals surface area contributed by atoms with Gasteiger partial charge in [0.25, 0.3) is 0 Å². The molecule has 2 aliphatic rings. The third-order valence-electron chi connectivity index (χ3n) is 2.25. The van der Waals surface area contributed by atoms with Crippen molar-refractivity contribution in [1.29, 1.82) is 0 Å². The van der Waals surface area contributed by atoms with E-state index in [0.29, 0.717) is 6.04 Å². The summed E-state index contributed by atoms with van der Waals surface area (Å²) in [5, 5.41) is 10.8. The highest BCUT2D eigenvalue weighted by molar-refractivity contribution is 8.11. The van der Waals surface area contributed by atoms with Gasteiger partial charge in [0, 0.05) is 18.8 Å². The summed E-state index contributed by atoms with van der Waals surface area (Å²) in [5.74, 6) is -1.51. The monoisotopic (exact) mass is 230 g/mol. The summed E-state index contributed by atoms with van der Waals surface area (Å²) in [4.78, 5) is 14.0. The van der Waals surface area contributed by atoms with Gasteiger partial charge >= 0.3 is 5.97 Å². The third kappa shape index (κ3) is 1.93. The number of carboxylic acids is 1. The lowest BCUT2D eigenvalue weighted by Crippen LogP contribution is -2.27. The number of nitrogens with one attached hydrogen (secondary N) is 1. The van der Waals surface area contributed by atoms with E-state index in [0.717, 1.165) is 19.0 Å².